The number of nitrogens with zero attached hydrogens (tertiary/aromatic N) is 1. The number of rotatable bonds is 3. The monoisotopic (exact) mass is 421 g/mol. The van der Waals surface area contributed by atoms with Gasteiger partial charge in [0.1, 0.15) is 17.6 Å². The van der Waals surface area contributed by atoms with Gasteiger partial charge in [-0.3, -0.25) is 9.59 Å². The first-order valence-corrected chi connectivity index (χ1v) is 10.8. The number of halogens is 1. The fraction of sp³-hybridized carbons (Fsp3) is 0.263. The van der Waals surface area contributed by atoms with Crippen LogP contribution in [0.2, 0.25) is 5.02 Å². The minimum Gasteiger partial charge on any atom is -0.507 e. The minimum absolute atomic E-state index is 0.0529. The molecule has 2 aliphatic heterocycles. The third-order valence-electron chi connectivity index (χ3n) is 5.01. The van der Waals surface area contributed by atoms with Crippen molar-refractivity contribution in [3.63, 3.8) is 0 Å². The highest BCUT2D eigenvalue weighted by Crippen LogP contribution is 2.42. The molecule has 7 nitrogen and oxygen atoms in total. The van der Waals surface area contributed by atoms with Gasteiger partial charge in [0.05, 0.1) is 23.3 Å². The van der Waals surface area contributed by atoms with Gasteiger partial charge in [-0.1, -0.05) is 11.6 Å². The van der Waals surface area contributed by atoms with Gasteiger partial charge < -0.3 is 14.4 Å². The van der Waals surface area contributed by atoms with Crippen molar-refractivity contribution in [3.8, 4) is 0 Å². The summed E-state index contributed by atoms with van der Waals surface area (Å²) >= 11 is 5.87. The number of Topliss-reactive ketones (excluding diaryl/α,β-unsaturated/α-hetero) is 1. The van der Waals surface area contributed by atoms with E-state index >= 15 is 0 Å². The Bertz CT molecular complexity index is 1070. The number of carbonyl (C=O) groups is 2. The SMILES string of the molecule is O=C1C(=O)N(C2CCS(=O)(=O)C2)C(c2ccco2)/C1=C(\O)c1ccc(Cl)cc1. The fourth-order valence-corrected chi connectivity index (χ4v) is 5.55. The molecule has 0 saturated carbocycles. The number of aliphatic hydroxyl groups excluding tert-OH is 1. The standard InChI is InChI=1S/C19H16ClNO6S/c20-12-5-3-11(4-6-12)17(22)15-16(14-2-1-8-27-14)21(19(24)18(15)23)13-7-9-28(25,26)10-13/h1-6,8,13,16,22H,7,9-10H2/b17-15+. The van der Waals surface area contributed by atoms with Crippen LogP contribution in [0.25, 0.3) is 5.76 Å². The summed E-state index contributed by atoms with van der Waals surface area (Å²) in [5.41, 5.74) is 0.185. The molecule has 2 aliphatic rings. The molecule has 28 heavy (non-hydrogen) atoms. The Hall–Kier alpha value is -2.58. The van der Waals surface area contributed by atoms with Crippen molar-refractivity contribution in [1.82, 2.24) is 4.90 Å². The lowest BCUT2D eigenvalue weighted by Gasteiger charge is -2.28. The second kappa shape index (κ2) is 6.79. The van der Waals surface area contributed by atoms with Gasteiger partial charge in [0, 0.05) is 16.6 Å². The number of ketones is 1. The molecule has 9 heteroatoms. The summed E-state index contributed by atoms with van der Waals surface area (Å²) < 4.78 is 29.3. The maximum absolute atomic E-state index is 12.8. The number of benzene rings is 1. The van der Waals surface area contributed by atoms with Crippen LogP contribution >= 0.6 is 11.6 Å². The van der Waals surface area contributed by atoms with Crippen LogP contribution in [0.5, 0.6) is 0 Å². The predicted octanol–water partition coefficient (Wildman–Crippen LogP) is 2.54. The van der Waals surface area contributed by atoms with E-state index in [4.69, 9.17) is 16.0 Å². The molecule has 1 aromatic heterocycles. The average Bonchev–Trinajstić information content (AvgIpc) is 3.35. The number of hydrogen-bond donors (Lipinski definition) is 1. The molecule has 4 rings (SSSR count). The number of furan rings is 1. The summed E-state index contributed by atoms with van der Waals surface area (Å²) in [5.74, 6) is -2.09. The van der Waals surface area contributed by atoms with Crippen LogP contribution in [0.1, 0.15) is 23.8 Å². The Balaban J connectivity index is 1.86. The Labute approximate surface area is 166 Å². The summed E-state index contributed by atoms with van der Waals surface area (Å²) in [6.45, 7) is 0. The van der Waals surface area contributed by atoms with Crippen LogP contribution in [-0.4, -0.2) is 47.7 Å². The van der Waals surface area contributed by atoms with E-state index < -0.39 is 33.6 Å². The van der Waals surface area contributed by atoms with Crippen LogP contribution < -0.4 is 0 Å². The van der Waals surface area contributed by atoms with Crippen LogP contribution in [0.4, 0.5) is 0 Å². The van der Waals surface area contributed by atoms with E-state index in [0.29, 0.717) is 10.6 Å². The molecule has 2 saturated heterocycles. The number of aliphatic hydroxyl groups is 1. The van der Waals surface area contributed by atoms with Crippen LogP contribution in [0, 0.1) is 0 Å². The van der Waals surface area contributed by atoms with Crippen molar-refractivity contribution >= 4 is 38.9 Å². The number of amides is 1. The highest BCUT2D eigenvalue weighted by molar-refractivity contribution is 7.91. The third-order valence-corrected chi connectivity index (χ3v) is 7.01. The lowest BCUT2D eigenvalue weighted by Crippen LogP contribution is -2.40. The molecule has 1 N–H and O–H groups in total. The van der Waals surface area contributed by atoms with Gasteiger partial charge in [0.25, 0.3) is 11.7 Å². The molecule has 0 radical (unpaired) electrons. The topological polar surface area (TPSA) is 105 Å². The molecule has 146 valence electrons. The van der Waals surface area contributed by atoms with E-state index in [9.17, 15) is 23.1 Å². The smallest absolute Gasteiger partial charge is 0.296 e. The molecule has 0 spiro atoms. The minimum atomic E-state index is -3.29. The van der Waals surface area contributed by atoms with Gasteiger partial charge in [-0.05, 0) is 42.8 Å². The van der Waals surface area contributed by atoms with E-state index in [2.05, 4.69) is 0 Å². The van der Waals surface area contributed by atoms with E-state index in [1.54, 1.807) is 24.3 Å². The Kier molecular flexibility index (Phi) is 4.55. The molecule has 0 bridgehead atoms. The molecular formula is C19H16ClNO6S. The largest absolute Gasteiger partial charge is 0.507 e. The molecule has 0 aliphatic carbocycles. The van der Waals surface area contributed by atoms with Crippen LogP contribution in [0.3, 0.4) is 0 Å². The normalized spacial score (nSPS) is 26.1. The van der Waals surface area contributed by atoms with Crippen molar-refractivity contribution in [1.29, 1.82) is 0 Å². The zero-order valence-electron chi connectivity index (χ0n) is 14.5. The Morgan fingerprint density at radius 1 is 1.18 bits per heavy atom. The molecule has 1 amide bonds. The third kappa shape index (κ3) is 3.12. The number of likely N-dealkylation sites (tertiary alicyclic amines) is 1. The van der Waals surface area contributed by atoms with Gasteiger partial charge in [-0.15, -0.1) is 0 Å². The van der Waals surface area contributed by atoms with Crippen molar-refractivity contribution in [2.45, 2.75) is 18.5 Å². The van der Waals surface area contributed by atoms with Crippen molar-refractivity contribution in [2.75, 3.05) is 11.5 Å². The lowest BCUT2D eigenvalue weighted by atomic mass is 9.99. The van der Waals surface area contributed by atoms with Crippen molar-refractivity contribution in [3.05, 3.63) is 64.6 Å². The van der Waals surface area contributed by atoms with Crippen molar-refractivity contribution in [2.24, 2.45) is 0 Å². The summed E-state index contributed by atoms with van der Waals surface area (Å²) in [6, 6.07) is 7.70. The molecule has 2 unspecified atom stereocenters. The highest BCUT2D eigenvalue weighted by Gasteiger charge is 2.52. The zero-order chi connectivity index (χ0) is 20.1. The molecule has 3 heterocycles. The summed E-state index contributed by atoms with van der Waals surface area (Å²) in [4.78, 5) is 26.8. The average molecular weight is 422 g/mol. The summed E-state index contributed by atoms with van der Waals surface area (Å²) in [6.07, 6.45) is 1.62. The van der Waals surface area contributed by atoms with Gasteiger partial charge >= 0.3 is 0 Å². The van der Waals surface area contributed by atoms with Gasteiger partial charge in [0.15, 0.2) is 9.84 Å². The van der Waals surface area contributed by atoms with Crippen molar-refractivity contribution < 1.29 is 27.5 Å². The first-order chi connectivity index (χ1) is 13.3. The molecule has 2 atom stereocenters. The molecular weight excluding hydrogens is 406 g/mol. The summed E-state index contributed by atoms with van der Waals surface area (Å²) in [5, 5.41) is 11.3. The van der Waals surface area contributed by atoms with Gasteiger partial charge in [0.2, 0.25) is 0 Å². The fourth-order valence-electron chi connectivity index (χ4n) is 3.71. The summed E-state index contributed by atoms with van der Waals surface area (Å²) in [7, 11) is -3.29. The van der Waals surface area contributed by atoms with Gasteiger partial charge in [-0.2, -0.15) is 0 Å². The number of carbonyl (C=O) groups excluding carboxylic acids is 2. The Morgan fingerprint density at radius 3 is 2.46 bits per heavy atom. The van der Waals surface area contributed by atoms with Crippen LogP contribution in [0.15, 0.2) is 52.7 Å². The van der Waals surface area contributed by atoms with E-state index in [-0.39, 0.29) is 35.0 Å². The molecule has 2 aromatic rings. The second-order valence-corrected chi connectivity index (χ2v) is 9.45. The number of sulfone groups is 1. The molecule has 1 aromatic carbocycles. The van der Waals surface area contributed by atoms with E-state index in [0.717, 1.165) is 0 Å². The zero-order valence-corrected chi connectivity index (χ0v) is 16.1. The second-order valence-electron chi connectivity index (χ2n) is 6.79. The lowest BCUT2D eigenvalue weighted by molar-refractivity contribution is -0.141. The predicted molar refractivity (Wildman–Crippen MR) is 101 cm³/mol. The van der Waals surface area contributed by atoms with Gasteiger partial charge in [-0.25, -0.2) is 8.42 Å². The molecule has 2 fully saturated rings. The maximum atomic E-state index is 12.8. The van der Waals surface area contributed by atoms with E-state index in [1.165, 1.54) is 23.3 Å². The first kappa shape index (κ1) is 18.8. The van der Waals surface area contributed by atoms with E-state index in [1.807, 2.05) is 0 Å². The first-order valence-electron chi connectivity index (χ1n) is 8.58. The Morgan fingerprint density at radius 2 is 1.89 bits per heavy atom. The van der Waals surface area contributed by atoms with Crippen LogP contribution in [-0.2, 0) is 19.4 Å². The maximum Gasteiger partial charge on any atom is 0.296 e. The quantitative estimate of drug-likeness (QED) is 0.464. The number of hydrogen-bond acceptors (Lipinski definition) is 6. The highest BCUT2D eigenvalue weighted by atomic mass is 35.5.